The van der Waals surface area contributed by atoms with E-state index in [0.29, 0.717) is 6.54 Å². The van der Waals surface area contributed by atoms with Crippen LogP contribution in [0.25, 0.3) is 0 Å². The molecule has 0 aromatic heterocycles. The van der Waals surface area contributed by atoms with Gasteiger partial charge in [0.05, 0.1) is 0 Å². The molecule has 0 aliphatic carbocycles. The third-order valence-electron chi connectivity index (χ3n) is 2.68. The standard InChI is InChI=1S/C13H22N2/c1-13(2,3)11-6-4-10(5-7-11)12(15)8-9-14/h4-7,12H,8-9,14-15H2,1-3H3/t12-/m0/s1. The number of rotatable bonds is 3. The van der Waals surface area contributed by atoms with Crippen LogP contribution in [0.3, 0.4) is 0 Å². The molecule has 2 nitrogen and oxygen atoms in total. The van der Waals surface area contributed by atoms with Crippen molar-refractivity contribution in [1.82, 2.24) is 0 Å². The van der Waals surface area contributed by atoms with E-state index in [1.807, 2.05) is 0 Å². The van der Waals surface area contributed by atoms with E-state index < -0.39 is 0 Å². The van der Waals surface area contributed by atoms with Crippen LogP contribution in [-0.2, 0) is 5.41 Å². The zero-order valence-corrected chi connectivity index (χ0v) is 9.96. The fourth-order valence-electron chi connectivity index (χ4n) is 1.58. The summed E-state index contributed by atoms with van der Waals surface area (Å²) in [4.78, 5) is 0. The maximum atomic E-state index is 5.98. The number of hydrogen-bond donors (Lipinski definition) is 2. The minimum atomic E-state index is 0.0732. The summed E-state index contributed by atoms with van der Waals surface area (Å²) in [6.07, 6.45) is 0.842. The lowest BCUT2D eigenvalue weighted by molar-refractivity contribution is 0.588. The second kappa shape index (κ2) is 4.77. The van der Waals surface area contributed by atoms with Crippen molar-refractivity contribution in [3.05, 3.63) is 35.4 Å². The molecule has 0 saturated carbocycles. The number of benzene rings is 1. The predicted octanol–water partition coefficient (Wildman–Crippen LogP) is 2.33. The molecule has 0 aliphatic rings. The van der Waals surface area contributed by atoms with Gasteiger partial charge < -0.3 is 11.5 Å². The molecule has 0 aliphatic heterocycles. The summed E-state index contributed by atoms with van der Waals surface area (Å²) in [5.41, 5.74) is 14.2. The fourth-order valence-corrected chi connectivity index (χ4v) is 1.58. The maximum absolute atomic E-state index is 5.98. The summed E-state index contributed by atoms with van der Waals surface area (Å²) in [7, 11) is 0. The quantitative estimate of drug-likeness (QED) is 0.797. The van der Waals surface area contributed by atoms with Crippen molar-refractivity contribution >= 4 is 0 Å². The summed E-state index contributed by atoms with van der Waals surface area (Å²) < 4.78 is 0. The molecule has 2 heteroatoms. The van der Waals surface area contributed by atoms with Gasteiger partial charge in [-0.25, -0.2) is 0 Å². The molecule has 0 amide bonds. The van der Waals surface area contributed by atoms with Crippen LogP contribution in [0.1, 0.15) is 44.4 Å². The highest BCUT2D eigenvalue weighted by Crippen LogP contribution is 2.23. The van der Waals surface area contributed by atoms with Crippen molar-refractivity contribution in [1.29, 1.82) is 0 Å². The van der Waals surface area contributed by atoms with Crippen LogP contribution >= 0.6 is 0 Å². The normalized spacial score (nSPS) is 13.9. The predicted molar refractivity (Wildman–Crippen MR) is 65.7 cm³/mol. The fraction of sp³-hybridized carbons (Fsp3) is 0.538. The van der Waals surface area contributed by atoms with E-state index in [1.165, 1.54) is 11.1 Å². The van der Waals surface area contributed by atoms with E-state index in [-0.39, 0.29) is 11.5 Å². The van der Waals surface area contributed by atoms with Gasteiger partial charge >= 0.3 is 0 Å². The first-order chi connectivity index (χ1) is 6.95. The van der Waals surface area contributed by atoms with E-state index in [4.69, 9.17) is 11.5 Å². The molecule has 1 rings (SSSR count). The Labute approximate surface area is 92.7 Å². The Morgan fingerprint density at radius 3 is 2.07 bits per heavy atom. The molecule has 1 aromatic carbocycles. The summed E-state index contributed by atoms with van der Waals surface area (Å²) >= 11 is 0. The first kappa shape index (κ1) is 12.2. The van der Waals surface area contributed by atoms with Gasteiger partial charge in [-0.05, 0) is 29.5 Å². The van der Waals surface area contributed by atoms with Gasteiger partial charge in [0.25, 0.3) is 0 Å². The largest absolute Gasteiger partial charge is 0.330 e. The lowest BCUT2D eigenvalue weighted by Crippen LogP contribution is -2.16. The number of nitrogens with two attached hydrogens (primary N) is 2. The average Bonchev–Trinajstić information content (AvgIpc) is 2.17. The molecule has 0 radical (unpaired) electrons. The molecule has 0 spiro atoms. The van der Waals surface area contributed by atoms with Gasteiger partial charge in [-0.15, -0.1) is 0 Å². The minimum absolute atomic E-state index is 0.0732. The Kier molecular flexibility index (Phi) is 3.89. The van der Waals surface area contributed by atoms with Crippen molar-refractivity contribution < 1.29 is 0 Å². The van der Waals surface area contributed by atoms with Crippen LogP contribution in [-0.4, -0.2) is 6.54 Å². The molecule has 0 bridgehead atoms. The Hall–Kier alpha value is -0.860. The smallest absolute Gasteiger partial charge is 0.0306 e. The van der Waals surface area contributed by atoms with E-state index in [1.54, 1.807) is 0 Å². The van der Waals surface area contributed by atoms with Gasteiger partial charge in [-0.2, -0.15) is 0 Å². The third kappa shape index (κ3) is 3.33. The highest BCUT2D eigenvalue weighted by molar-refractivity contribution is 5.29. The maximum Gasteiger partial charge on any atom is 0.0306 e. The van der Waals surface area contributed by atoms with E-state index in [2.05, 4.69) is 45.0 Å². The van der Waals surface area contributed by atoms with Crippen LogP contribution in [0.5, 0.6) is 0 Å². The molecule has 15 heavy (non-hydrogen) atoms. The van der Waals surface area contributed by atoms with Crippen molar-refractivity contribution in [3.8, 4) is 0 Å². The summed E-state index contributed by atoms with van der Waals surface area (Å²) in [6, 6.07) is 8.61. The van der Waals surface area contributed by atoms with Crippen LogP contribution < -0.4 is 11.5 Å². The Morgan fingerprint density at radius 2 is 1.67 bits per heavy atom. The Morgan fingerprint density at radius 1 is 1.13 bits per heavy atom. The second-order valence-electron chi connectivity index (χ2n) is 5.06. The van der Waals surface area contributed by atoms with Gasteiger partial charge in [-0.3, -0.25) is 0 Å². The van der Waals surface area contributed by atoms with Gasteiger partial charge in [0.1, 0.15) is 0 Å². The molecule has 0 saturated heterocycles. The molecule has 0 fully saturated rings. The van der Waals surface area contributed by atoms with Crippen molar-refractivity contribution in [2.45, 2.75) is 38.6 Å². The van der Waals surface area contributed by atoms with Crippen molar-refractivity contribution in [2.24, 2.45) is 11.5 Å². The first-order valence-electron chi connectivity index (χ1n) is 5.51. The molecule has 84 valence electrons. The third-order valence-corrected chi connectivity index (χ3v) is 2.68. The van der Waals surface area contributed by atoms with Crippen molar-refractivity contribution in [3.63, 3.8) is 0 Å². The molecule has 0 unspecified atom stereocenters. The summed E-state index contributed by atoms with van der Waals surface area (Å²) in [5.74, 6) is 0. The first-order valence-corrected chi connectivity index (χ1v) is 5.51. The summed E-state index contributed by atoms with van der Waals surface area (Å²) in [6.45, 7) is 7.27. The average molecular weight is 206 g/mol. The zero-order chi connectivity index (χ0) is 11.5. The van der Waals surface area contributed by atoms with Gasteiger partial charge in [0.15, 0.2) is 0 Å². The molecule has 0 heterocycles. The van der Waals surface area contributed by atoms with E-state index in [9.17, 15) is 0 Å². The van der Waals surface area contributed by atoms with Crippen LogP contribution in [0.2, 0.25) is 0 Å². The lowest BCUT2D eigenvalue weighted by atomic mass is 9.86. The van der Waals surface area contributed by atoms with Crippen LogP contribution in [0.15, 0.2) is 24.3 Å². The van der Waals surface area contributed by atoms with E-state index in [0.717, 1.165) is 6.42 Å². The van der Waals surface area contributed by atoms with Crippen LogP contribution in [0.4, 0.5) is 0 Å². The molecular formula is C13H22N2. The highest BCUT2D eigenvalue weighted by atomic mass is 14.7. The molecular weight excluding hydrogens is 184 g/mol. The molecule has 1 atom stereocenters. The van der Waals surface area contributed by atoms with E-state index >= 15 is 0 Å². The minimum Gasteiger partial charge on any atom is -0.330 e. The Balaban J connectivity index is 2.81. The lowest BCUT2D eigenvalue weighted by Gasteiger charge is -2.20. The SMILES string of the molecule is CC(C)(C)c1ccc([C@@H](N)CCN)cc1. The highest BCUT2D eigenvalue weighted by Gasteiger charge is 2.13. The van der Waals surface area contributed by atoms with Crippen molar-refractivity contribution in [2.75, 3.05) is 6.54 Å². The van der Waals surface area contributed by atoms with Crippen LogP contribution in [0, 0.1) is 0 Å². The zero-order valence-electron chi connectivity index (χ0n) is 9.96. The van der Waals surface area contributed by atoms with Gasteiger partial charge in [-0.1, -0.05) is 45.0 Å². The number of hydrogen-bond acceptors (Lipinski definition) is 2. The monoisotopic (exact) mass is 206 g/mol. The topological polar surface area (TPSA) is 52.0 Å². The molecule has 4 N–H and O–H groups in total. The van der Waals surface area contributed by atoms with Gasteiger partial charge in [0, 0.05) is 6.04 Å². The second-order valence-corrected chi connectivity index (χ2v) is 5.06. The summed E-state index contributed by atoms with van der Waals surface area (Å²) in [5, 5.41) is 0. The van der Waals surface area contributed by atoms with Gasteiger partial charge in [0.2, 0.25) is 0 Å². The Bertz CT molecular complexity index is 295. The molecule has 1 aromatic rings.